The average molecular weight is 284 g/mol. The summed E-state index contributed by atoms with van der Waals surface area (Å²) in [5.74, 6) is -0.940. The third kappa shape index (κ3) is 2.16. The summed E-state index contributed by atoms with van der Waals surface area (Å²) in [6.45, 7) is 1.90. The molecule has 0 spiro atoms. The van der Waals surface area contributed by atoms with Crippen molar-refractivity contribution in [1.29, 1.82) is 0 Å². The van der Waals surface area contributed by atoms with E-state index in [2.05, 4.69) is 9.97 Å². The van der Waals surface area contributed by atoms with Gasteiger partial charge in [-0.2, -0.15) is 0 Å². The van der Waals surface area contributed by atoms with Gasteiger partial charge in [-0.3, -0.25) is 0 Å². The van der Waals surface area contributed by atoms with Crippen molar-refractivity contribution in [3.05, 3.63) is 47.7 Å². The number of para-hydroxylation sites is 1. The van der Waals surface area contributed by atoms with Gasteiger partial charge in [0.05, 0.1) is 27.2 Å². The number of carboxylic acid groups (broad SMARTS) is 1. The van der Waals surface area contributed by atoms with E-state index in [4.69, 9.17) is 5.11 Å². The maximum absolute atomic E-state index is 11.1. The number of carbonyl (C=O) groups is 1. The van der Waals surface area contributed by atoms with Crippen molar-refractivity contribution < 1.29 is 9.90 Å². The number of carboxylic acids is 1. The standard InChI is InChI=1S/C15H12N2O2S/c1-2-10-9(15(18)19)7-8-12(16-10)14-17-11-5-3-4-6-13(11)20-14/h3-8H,2H2,1H3,(H,18,19). The number of fused-ring (bicyclic) bond motifs is 1. The monoisotopic (exact) mass is 284 g/mol. The van der Waals surface area contributed by atoms with Gasteiger partial charge in [-0.25, -0.2) is 14.8 Å². The number of aromatic carboxylic acids is 1. The molecule has 1 N–H and O–H groups in total. The molecule has 5 heteroatoms. The number of aryl methyl sites for hydroxylation is 1. The Kier molecular flexibility index (Phi) is 3.20. The maximum Gasteiger partial charge on any atom is 0.337 e. The molecule has 3 aromatic rings. The van der Waals surface area contributed by atoms with Crippen LogP contribution in [0.1, 0.15) is 23.0 Å². The molecule has 4 nitrogen and oxygen atoms in total. The highest BCUT2D eigenvalue weighted by Crippen LogP contribution is 2.29. The van der Waals surface area contributed by atoms with E-state index in [1.807, 2.05) is 31.2 Å². The molecule has 0 saturated heterocycles. The number of nitrogens with zero attached hydrogens (tertiary/aromatic N) is 2. The van der Waals surface area contributed by atoms with Crippen LogP contribution in [0.3, 0.4) is 0 Å². The van der Waals surface area contributed by atoms with E-state index >= 15 is 0 Å². The van der Waals surface area contributed by atoms with E-state index in [9.17, 15) is 4.79 Å². The Labute approximate surface area is 119 Å². The molecular formula is C15H12N2O2S. The number of pyridine rings is 1. The lowest BCUT2D eigenvalue weighted by Gasteiger charge is -2.04. The van der Waals surface area contributed by atoms with Crippen molar-refractivity contribution in [2.45, 2.75) is 13.3 Å². The lowest BCUT2D eigenvalue weighted by Crippen LogP contribution is -2.04. The van der Waals surface area contributed by atoms with Crippen LogP contribution in [-0.4, -0.2) is 21.0 Å². The summed E-state index contributed by atoms with van der Waals surface area (Å²) in [4.78, 5) is 20.1. The summed E-state index contributed by atoms with van der Waals surface area (Å²) < 4.78 is 1.10. The smallest absolute Gasteiger partial charge is 0.337 e. The van der Waals surface area contributed by atoms with E-state index in [0.29, 0.717) is 12.1 Å². The van der Waals surface area contributed by atoms with Crippen molar-refractivity contribution in [2.75, 3.05) is 0 Å². The summed E-state index contributed by atoms with van der Waals surface area (Å²) >= 11 is 1.56. The van der Waals surface area contributed by atoms with E-state index in [1.54, 1.807) is 23.5 Å². The first-order valence-corrected chi connectivity index (χ1v) is 7.10. The highest BCUT2D eigenvalue weighted by Gasteiger charge is 2.13. The van der Waals surface area contributed by atoms with Gasteiger partial charge in [0.1, 0.15) is 5.01 Å². The van der Waals surface area contributed by atoms with Crippen molar-refractivity contribution in [3.8, 4) is 10.7 Å². The number of aromatic nitrogens is 2. The number of hydrogen-bond acceptors (Lipinski definition) is 4. The lowest BCUT2D eigenvalue weighted by atomic mass is 10.1. The zero-order valence-corrected chi connectivity index (χ0v) is 11.6. The SMILES string of the molecule is CCc1nc(-c2nc3ccccc3s2)ccc1C(=O)O. The topological polar surface area (TPSA) is 63.1 Å². The summed E-state index contributed by atoms with van der Waals surface area (Å²) in [7, 11) is 0. The van der Waals surface area contributed by atoms with Crippen molar-refractivity contribution in [2.24, 2.45) is 0 Å². The second-order valence-corrected chi connectivity index (χ2v) is 5.37. The Morgan fingerprint density at radius 1 is 1.20 bits per heavy atom. The molecular weight excluding hydrogens is 272 g/mol. The van der Waals surface area contributed by atoms with Crippen LogP contribution >= 0.6 is 11.3 Å². The third-order valence-electron chi connectivity index (χ3n) is 3.05. The first-order chi connectivity index (χ1) is 9.69. The summed E-state index contributed by atoms with van der Waals surface area (Å²) in [5, 5.41) is 9.94. The fourth-order valence-electron chi connectivity index (χ4n) is 2.07. The van der Waals surface area contributed by atoms with Crippen molar-refractivity contribution >= 4 is 27.5 Å². The van der Waals surface area contributed by atoms with E-state index < -0.39 is 5.97 Å². The zero-order valence-electron chi connectivity index (χ0n) is 10.8. The molecule has 0 aliphatic carbocycles. The number of hydrogen-bond donors (Lipinski definition) is 1. The quantitative estimate of drug-likeness (QED) is 0.798. The summed E-state index contributed by atoms with van der Waals surface area (Å²) in [6, 6.07) is 11.2. The Morgan fingerprint density at radius 2 is 2.00 bits per heavy atom. The lowest BCUT2D eigenvalue weighted by molar-refractivity contribution is 0.0695. The zero-order chi connectivity index (χ0) is 14.1. The van der Waals surface area contributed by atoms with Crippen molar-refractivity contribution in [3.63, 3.8) is 0 Å². The van der Waals surface area contributed by atoms with Crippen LogP contribution in [0.5, 0.6) is 0 Å². The molecule has 0 fully saturated rings. The molecule has 2 heterocycles. The predicted octanol–water partition coefficient (Wildman–Crippen LogP) is 3.62. The fraction of sp³-hybridized carbons (Fsp3) is 0.133. The van der Waals surface area contributed by atoms with E-state index in [-0.39, 0.29) is 5.56 Å². The van der Waals surface area contributed by atoms with Gasteiger partial charge < -0.3 is 5.11 Å². The van der Waals surface area contributed by atoms with Gasteiger partial charge in [-0.05, 0) is 30.7 Å². The van der Waals surface area contributed by atoms with E-state index in [1.165, 1.54) is 0 Å². The molecule has 0 radical (unpaired) electrons. The second-order valence-electron chi connectivity index (χ2n) is 4.34. The van der Waals surface area contributed by atoms with Gasteiger partial charge in [0.15, 0.2) is 0 Å². The largest absolute Gasteiger partial charge is 0.478 e. The molecule has 0 saturated carbocycles. The molecule has 0 bridgehead atoms. The first-order valence-electron chi connectivity index (χ1n) is 6.28. The molecule has 2 aromatic heterocycles. The second kappa shape index (κ2) is 5.02. The number of thiazole rings is 1. The van der Waals surface area contributed by atoms with Crippen LogP contribution in [0.25, 0.3) is 20.9 Å². The van der Waals surface area contributed by atoms with E-state index in [0.717, 1.165) is 20.9 Å². The minimum atomic E-state index is -0.940. The van der Waals surface area contributed by atoms with Crippen LogP contribution < -0.4 is 0 Å². The molecule has 0 atom stereocenters. The van der Waals surface area contributed by atoms with Crippen LogP contribution in [-0.2, 0) is 6.42 Å². The molecule has 0 aliphatic rings. The Bertz CT molecular complexity index is 762. The van der Waals surface area contributed by atoms with Crippen molar-refractivity contribution in [1.82, 2.24) is 9.97 Å². The maximum atomic E-state index is 11.1. The van der Waals surface area contributed by atoms with Gasteiger partial charge in [-0.15, -0.1) is 11.3 Å². The van der Waals surface area contributed by atoms with Gasteiger partial charge in [-0.1, -0.05) is 19.1 Å². The van der Waals surface area contributed by atoms with Crippen LogP contribution in [0.4, 0.5) is 0 Å². The fourth-order valence-corrected chi connectivity index (χ4v) is 3.00. The van der Waals surface area contributed by atoms with Gasteiger partial charge in [0.2, 0.25) is 0 Å². The third-order valence-corrected chi connectivity index (χ3v) is 4.11. The van der Waals surface area contributed by atoms with Crippen LogP contribution in [0, 0.1) is 0 Å². The number of rotatable bonds is 3. The number of benzene rings is 1. The Balaban J connectivity index is 2.12. The van der Waals surface area contributed by atoms with Gasteiger partial charge in [0, 0.05) is 0 Å². The predicted molar refractivity (Wildman–Crippen MR) is 79.2 cm³/mol. The van der Waals surface area contributed by atoms with Crippen LogP contribution in [0.2, 0.25) is 0 Å². The Hall–Kier alpha value is -2.27. The molecule has 0 aliphatic heterocycles. The molecule has 100 valence electrons. The molecule has 3 rings (SSSR count). The minimum Gasteiger partial charge on any atom is -0.478 e. The molecule has 1 aromatic carbocycles. The molecule has 0 amide bonds. The minimum absolute atomic E-state index is 0.261. The summed E-state index contributed by atoms with van der Waals surface area (Å²) in [6.07, 6.45) is 0.584. The van der Waals surface area contributed by atoms with Gasteiger partial charge in [0.25, 0.3) is 0 Å². The normalized spacial score (nSPS) is 10.8. The highest BCUT2D eigenvalue weighted by atomic mass is 32.1. The molecule has 0 unspecified atom stereocenters. The average Bonchev–Trinajstić information content (AvgIpc) is 2.90. The Morgan fingerprint density at radius 3 is 2.70 bits per heavy atom. The summed E-state index contributed by atoms with van der Waals surface area (Å²) in [5.41, 5.74) is 2.52. The first kappa shape index (κ1) is 12.7. The molecule has 20 heavy (non-hydrogen) atoms. The highest BCUT2D eigenvalue weighted by molar-refractivity contribution is 7.21. The van der Waals surface area contributed by atoms with Gasteiger partial charge >= 0.3 is 5.97 Å². The van der Waals surface area contributed by atoms with Crippen LogP contribution in [0.15, 0.2) is 36.4 Å².